The highest BCUT2D eigenvalue weighted by molar-refractivity contribution is 5.74. The molecule has 0 unspecified atom stereocenters. The fourth-order valence-electron chi connectivity index (χ4n) is 1.86. The molecule has 78 valence electrons. The Bertz CT molecular complexity index is 263. The van der Waals surface area contributed by atoms with Crippen molar-refractivity contribution in [3.8, 4) is 0 Å². The van der Waals surface area contributed by atoms with Crippen LogP contribution in [0.4, 0.5) is 0 Å². The molecule has 1 aliphatic rings. The third-order valence-electron chi connectivity index (χ3n) is 3.13. The summed E-state index contributed by atoms with van der Waals surface area (Å²) in [7, 11) is 0. The Morgan fingerprint density at radius 1 is 1.64 bits per heavy atom. The van der Waals surface area contributed by atoms with Crippen LogP contribution in [0.1, 0.15) is 32.6 Å². The monoisotopic (exact) mass is 197 g/mol. The first-order chi connectivity index (χ1) is 6.58. The predicted molar refractivity (Wildman–Crippen MR) is 51.7 cm³/mol. The third-order valence-corrected chi connectivity index (χ3v) is 3.13. The first kappa shape index (κ1) is 10.9. The van der Waals surface area contributed by atoms with Gasteiger partial charge in [-0.3, -0.25) is 4.79 Å². The van der Waals surface area contributed by atoms with Crippen LogP contribution in [0.2, 0.25) is 0 Å². The maximum absolute atomic E-state index is 10.9. The lowest BCUT2D eigenvalue weighted by atomic mass is 9.72. The lowest BCUT2D eigenvalue weighted by molar-refractivity contribution is -0.150. The zero-order valence-electron chi connectivity index (χ0n) is 8.31. The molecule has 0 aromatic rings. The van der Waals surface area contributed by atoms with Crippen LogP contribution >= 0.6 is 0 Å². The van der Waals surface area contributed by atoms with Crippen LogP contribution in [-0.2, 0) is 4.79 Å². The van der Waals surface area contributed by atoms with Gasteiger partial charge in [0.05, 0.1) is 5.41 Å². The summed E-state index contributed by atoms with van der Waals surface area (Å²) in [5.41, 5.74) is 7.59. The van der Waals surface area contributed by atoms with Gasteiger partial charge in [-0.2, -0.15) is 0 Å². The zero-order chi connectivity index (χ0) is 10.6. The minimum atomic E-state index is -0.709. The summed E-state index contributed by atoms with van der Waals surface area (Å²) in [4.78, 5) is 13.6. The fraction of sp³-hybridized carbons (Fsp3) is 0.889. The van der Waals surface area contributed by atoms with Gasteiger partial charge in [0.25, 0.3) is 0 Å². The molecular formula is C9H15N3O2. The Balaban J connectivity index is 2.45. The number of hydrogen-bond donors (Lipinski definition) is 1. The molecule has 0 aliphatic heterocycles. The molecule has 0 spiro atoms. The predicted octanol–water partition coefficient (Wildman–Crippen LogP) is 2.58. The second-order valence-electron chi connectivity index (χ2n) is 4.22. The van der Waals surface area contributed by atoms with E-state index in [1.54, 1.807) is 6.92 Å². The molecule has 0 bridgehead atoms. The molecule has 1 fully saturated rings. The highest BCUT2D eigenvalue weighted by Crippen LogP contribution is 2.38. The second-order valence-corrected chi connectivity index (χ2v) is 4.22. The van der Waals surface area contributed by atoms with E-state index < -0.39 is 11.4 Å². The summed E-state index contributed by atoms with van der Waals surface area (Å²) in [5, 5.41) is 12.5. The van der Waals surface area contributed by atoms with E-state index >= 15 is 0 Å². The Kier molecular flexibility index (Phi) is 3.36. The third kappa shape index (κ3) is 2.39. The lowest BCUT2D eigenvalue weighted by Gasteiger charge is -2.33. The lowest BCUT2D eigenvalue weighted by Crippen LogP contribution is -2.33. The largest absolute Gasteiger partial charge is 0.481 e. The summed E-state index contributed by atoms with van der Waals surface area (Å²) in [6.07, 6.45) is 3.07. The van der Waals surface area contributed by atoms with Gasteiger partial charge in [-0.1, -0.05) is 5.11 Å². The molecule has 0 heterocycles. The summed E-state index contributed by atoms with van der Waals surface area (Å²) in [5.74, 6) is -0.335. The highest BCUT2D eigenvalue weighted by Gasteiger charge is 2.37. The molecule has 0 atom stereocenters. The number of aliphatic carboxylic acids is 1. The van der Waals surface area contributed by atoms with E-state index in [0.29, 0.717) is 25.3 Å². The average Bonchev–Trinajstić information content (AvgIpc) is 2.17. The van der Waals surface area contributed by atoms with E-state index in [0.717, 1.165) is 12.8 Å². The number of azide groups is 1. The van der Waals surface area contributed by atoms with Crippen LogP contribution < -0.4 is 0 Å². The molecule has 5 nitrogen and oxygen atoms in total. The Morgan fingerprint density at radius 2 is 2.21 bits per heavy atom. The molecular weight excluding hydrogens is 182 g/mol. The number of carboxylic acid groups (broad SMARTS) is 1. The molecule has 1 N–H and O–H groups in total. The van der Waals surface area contributed by atoms with Crippen LogP contribution in [-0.4, -0.2) is 17.6 Å². The topological polar surface area (TPSA) is 86.1 Å². The van der Waals surface area contributed by atoms with Gasteiger partial charge < -0.3 is 5.11 Å². The van der Waals surface area contributed by atoms with E-state index in [9.17, 15) is 4.79 Å². The SMILES string of the molecule is CC1(C(=O)O)CCC(CN=[N+]=[N-])CC1. The van der Waals surface area contributed by atoms with Crippen LogP contribution in [0.25, 0.3) is 10.4 Å². The molecule has 0 amide bonds. The molecule has 5 heteroatoms. The van der Waals surface area contributed by atoms with Crippen LogP contribution in [0.15, 0.2) is 5.11 Å². The maximum Gasteiger partial charge on any atom is 0.309 e. The van der Waals surface area contributed by atoms with E-state index in [1.165, 1.54) is 0 Å². The summed E-state index contributed by atoms with van der Waals surface area (Å²) in [6, 6.07) is 0. The Labute approximate surface area is 82.7 Å². The first-order valence-corrected chi connectivity index (χ1v) is 4.83. The number of carbonyl (C=O) groups is 1. The number of hydrogen-bond acceptors (Lipinski definition) is 2. The van der Waals surface area contributed by atoms with E-state index in [1.807, 2.05) is 0 Å². The minimum absolute atomic E-state index is 0.373. The van der Waals surface area contributed by atoms with E-state index in [-0.39, 0.29) is 0 Å². The average molecular weight is 197 g/mol. The van der Waals surface area contributed by atoms with Crippen molar-refractivity contribution in [3.63, 3.8) is 0 Å². The van der Waals surface area contributed by atoms with Crippen molar-refractivity contribution in [1.82, 2.24) is 0 Å². The number of rotatable bonds is 3. The van der Waals surface area contributed by atoms with Gasteiger partial charge >= 0.3 is 5.97 Å². The zero-order valence-corrected chi connectivity index (χ0v) is 8.31. The molecule has 0 saturated heterocycles. The highest BCUT2D eigenvalue weighted by atomic mass is 16.4. The fourth-order valence-corrected chi connectivity index (χ4v) is 1.86. The van der Waals surface area contributed by atoms with E-state index in [2.05, 4.69) is 10.0 Å². The molecule has 1 saturated carbocycles. The van der Waals surface area contributed by atoms with Crippen molar-refractivity contribution >= 4 is 5.97 Å². The number of carboxylic acids is 1. The quantitative estimate of drug-likeness (QED) is 0.428. The van der Waals surface area contributed by atoms with Gasteiger partial charge in [0, 0.05) is 11.5 Å². The molecule has 14 heavy (non-hydrogen) atoms. The second kappa shape index (κ2) is 4.33. The van der Waals surface area contributed by atoms with Crippen LogP contribution in [0.3, 0.4) is 0 Å². The van der Waals surface area contributed by atoms with Crippen molar-refractivity contribution in [3.05, 3.63) is 10.4 Å². The molecule has 0 aromatic heterocycles. The first-order valence-electron chi connectivity index (χ1n) is 4.83. The maximum atomic E-state index is 10.9. The Hall–Kier alpha value is -1.22. The standard InChI is InChI=1S/C9H15N3O2/c1-9(8(13)14)4-2-7(3-5-9)6-11-12-10/h7H,2-6H2,1H3,(H,13,14). The van der Waals surface area contributed by atoms with Crippen LogP contribution in [0, 0.1) is 11.3 Å². The molecule has 0 radical (unpaired) electrons. The smallest absolute Gasteiger partial charge is 0.309 e. The number of nitrogens with zero attached hydrogens (tertiary/aromatic N) is 3. The molecule has 1 rings (SSSR count). The van der Waals surface area contributed by atoms with Gasteiger partial charge in [-0.05, 0) is 44.1 Å². The molecule has 1 aliphatic carbocycles. The van der Waals surface area contributed by atoms with Crippen LogP contribution in [0.5, 0.6) is 0 Å². The minimum Gasteiger partial charge on any atom is -0.481 e. The van der Waals surface area contributed by atoms with Gasteiger partial charge in [0.1, 0.15) is 0 Å². The van der Waals surface area contributed by atoms with Gasteiger partial charge in [-0.15, -0.1) is 0 Å². The summed E-state index contributed by atoms with van der Waals surface area (Å²) in [6.45, 7) is 2.30. The summed E-state index contributed by atoms with van der Waals surface area (Å²) >= 11 is 0. The van der Waals surface area contributed by atoms with Gasteiger partial charge in [-0.25, -0.2) is 0 Å². The van der Waals surface area contributed by atoms with Crippen molar-refractivity contribution in [2.45, 2.75) is 32.6 Å². The van der Waals surface area contributed by atoms with Crippen molar-refractivity contribution < 1.29 is 9.90 Å². The van der Waals surface area contributed by atoms with Gasteiger partial charge in [0.2, 0.25) is 0 Å². The summed E-state index contributed by atoms with van der Waals surface area (Å²) < 4.78 is 0. The van der Waals surface area contributed by atoms with Crippen molar-refractivity contribution in [2.24, 2.45) is 16.4 Å². The van der Waals surface area contributed by atoms with E-state index in [4.69, 9.17) is 10.6 Å². The molecule has 0 aromatic carbocycles. The van der Waals surface area contributed by atoms with Crippen molar-refractivity contribution in [1.29, 1.82) is 0 Å². The van der Waals surface area contributed by atoms with Gasteiger partial charge in [0.15, 0.2) is 0 Å². The Morgan fingerprint density at radius 3 is 2.64 bits per heavy atom. The van der Waals surface area contributed by atoms with Crippen molar-refractivity contribution in [2.75, 3.05) is 6.54 Å². The normalized spacial score (nSPS) is 31.9.